The summed E-state index contributed by atoms with van der Waals surface area (Å²) in [4.78, 5) is 18.8. The molecule has 1 aromatic heterocycles. The van der Waals surface area contributed by atoms with E-state index in [0.717, 1.165) is 36.1 Å². The van der Waals surface area contributed by atoms with Gasteiger partial charge in [0.1, 0.15) is 0 Å². The molecule has 6 heteroatoms. The highest BCUT2D eigenvalue weighted by Gasteiger charge is 2.35. The van der Waals surface area contributed by atoms with Gasteiger partial charge in [0.15, 0.2) is 0 Å². The number of hydrogen-bond donors (Lipinski definition) is 1. The van der Waals surface area contributed by atoms with Gasteiger partial charge in [-0.1, -0.05) is 31.2 Å². The van der Waals surface area contributed by atoms with Crippen LogP contribution < -0.4 is 0 Å². The molecule has 2 heterocycles. The summed E-state index contributed by atoms with van der Waals surface area (Å²) in [5.74, 6) is 0.500. The van der Waals surface area contributed by atoms with Crippen LogP contribution in [0.2, 0.25) is 5.02 Å². The van der Waals surface area contributed by atoms with Crippen molar-refractivity contribution in [1.29, 1.82) is 0 Å². The molecule has 0 spiro atoms. The van der Waals surface area contributed by atoms with Crippen LogP contribution in [0.25, 0.3) is 11.6 Å². The summed E-state index contributed by atoms with van der Waals surface area (Å²) in [5.41, 5.74) is 5.78. The lowest BCUT2D eigenvalue weighted by Crippen LogP contribution is -2.40. The number of aliphatic hydroxyl groups excluding tert-OH is 1. The van der Waals surface area contributed by atoms with Gasteiger partial charge in [0.2, 0.25) is 0 Å². The lowest BCUT2D eigenvalue weighted by molar-refractivity contribution is 0.0900. The summed E-state index contributed by atoms with van der Waals surface area (Å²) in [6.45, 7) is 3.77. The number of nitrogens with zero attached hydrogens (tertiary/aromatic N) is 2. The molecule has 1 N–H and O–H groups in total. The van der Waals surface area contributed by atoms with E-state index < -0.39 is 0 Å². The first-order valence-electron chi connectivity index (χ1n) is 11.1. The van der Waals surface area contributed by atoms with Gasteiger partial charge in [0, 0.05) is 36.8 Å². The highest BCUT2D eigenvalue weighted by Crippen LogP contribution is 2.45. The zero-order valence-corrected chi connectivity index (χ0v) is 18.6. The van der Waals surface area contributed by atoms with Crippen LogP contribution in [-0.4, -0.2) is 47.4 Å². The predicted molar refractivity (Wildman–Crippen MR) is 130 cm³/mol. The van der Waals surface area contributed by atoms with Gasteiger partial charge < -0.3 is 14.7 Å². The number of piperidine rings is 1. The molecule has 32 heavy (non-hydrogen) atoms. The van der Waals surface area contributed by atoms with E-state index in [1.165, 1.54) is 11.1 Å². The lowest BCUT2D eigenvalue weighted by Gasteiger charge is -2.36. The number of carbonyl (C=O) groups excluding carboxylic acids is 1. The Morgan fingerprint density at radius 1 is 1.28 bits per heavy atom. The second-order valence-electron chi connectivity index (χ2n) is 8.21. The van der Waals surface area contributed by atoms with Gasteiger partial charge in [0.25, 0.3) is 0 Å². The highest BCUT2D eigenvalue weighted by molar-refractivity contribution is 6.30. The van der Waals surface area contributed by atoms with Crippen LogP contribution in [0.4, 0.5) is 4.79 Å². The smallest absolute Gasteiger partial charge is 0.409 e. The molecule has 2 aliphatic rings. The largest absolute Gasteiger partial charge is 0.450 e. The van der Waals surface area contributed by atoms with Crippen molar-refractivity contribution < 1.29 is 14.6 Å². The molecular formula is C26H33ClN2O3. The zero-order chi connectivity index (χ0) is 21.8. The standard InChI is InChI=1S/C25H29ClN2O3.CH4/c1-2-31-25(30)28-12-9-17(10-13-28)23-21-8-7-20(26)16-22(21)18(6-4-14-29)15-19-5-3-11-27-24(19)23;/h3,5,7-8,11,15-17,23,29H,2,4,6,9-10,12-14H2,1H3;1H4. The normalized spacial score (nSPS) is 18.0. The van der Waals surface area contributed by atoms with Gasteiger partial charge >= 0.3 is 6.09 Å². The molecule has 1 aromatic carbocycles. The first-order chi connectivity index (χ1) is 15.1. The number of allylic oxidation sites excluding steroid dienone is 1. The number of aromatic nitrogens is 1. The minimum Gasteiger partial charge on any atom is -0.450 e. The molecule has 5 nitrogen and oxygen atoms in total. The second kappa shape index (κ2) is 11.0. The van der Waals surface area contributed by atoms with Crippen molar-refractivity contribution in [2.24, 2.45) is 5.92 Å². The summed E-state index contributed by atoms with van der Waals surface area (Å²) < 4.78 is 5.19. The number of benzene rings is 1. The van der Waals surface area contributed by atoms with Gasteiger partial charge in [-0.15, -0.1) is 0 Å². The van der Waals surface area contributed by atoms with Crippen molar-refractivity contribution in [2.45, 2.75) is 46.0 Å². The molecular weight excluding hydrogens is 424 g/mol. The van der Waals surface area contributed by atoms with Gasteiger partial charge in [-0.05, 0) is 85.1 Å². The number of hydrogen-bond acceptors (Lipinski definition) is 4. The molecule has 4 rings (SSSR count). The number of amides is 1. The maximum Gasteiger partial charge on any atom is 0.409 e. The van der Waals surface area contributed by atoms with E-state index in [9.17, 15) is 9.90 Å². The molecule has 0 radical (unpaired) electrons. The van der Waals surface area contributed by atoms with Crippen molar-refractivity contribution in [3.05, 3.63) is 63.9 Å². The molecule has 172 valence electrons. The van der Waals surface area contributed by atoms with Crippen molar-refractivity contribution in [1.82, 2.24) is 9.88 Å². The van der Waals surface area contributed by atoms with Crippen LogP contribution in [0.5, 0.6) is 0 Å². The monoisotopic (exact) mass is 456 g/mol. The van der Waals surface area contributed by atoms with Crippen molar-refractivity contribution >= 4 is 29.3 Å². The molecule has 1 aliphatic heterocycles. The average Bonchev–Trinajstić information content (AvgIpc) is 2.92. The van der Waals surface area contributed by atoms with Crippen molar-refractivity contribution in [3.8, 4) is 0 Å². The number of ether oxygens (including phenoxy) is 1. The number of halogens is 1. The van der Waals surface area contributed by atoms with Crippen LogP contribution in [-0.2, 0) is 4.74 Å². The Labute approximate surface area is 196 Å². The fourth-order valence-electron chi connectivity index (χ4n) is 4.89. The fourth-order valence-corrected chi connectivity index (χ4v) is 5.06. The van der Waals surface area contributed by atoms with Crippen LogP contribution in [0.1, 0.15) is 68.3 Å². The number of likely N-dealkylation sites (tertiary alicyclic amines) is 1. The number of rotatable bonds is 5. The third-order valence-corrected chi connectivity index (χ3v) is 6.57. The topological polar surface area (TPSA) is 62.7 Å². The molecule has 1 atom stereocenters. The Morgan fingerprint density at radius 3 is 2.78 bits per heavy atom. The molecule has 0 bridgehead atoms. The number of fused-ring (bicyclic) bond motifs is 2. The SMILES string of the molecule is C.CCOC(=O)N1CCC(C2c3ccc(Cl)cc3C(CCCO)=Cc3cccnc32)CC1. The van der Waals surface area contributed by atoms with Crippen LogP contribution in [0.3, 0.4) is 0 Å². The highest BCUT2D eigenvalue weighted by atomic mass is 35.5. The van der Waals surface area contributed by atoms with Gasteiger partial charge in [-0.25, -0.2) is 4.79 Å². The summed E-state index contributed by atoms with van der Waals surface area (Å²) in [5, 5.41) is 10.1. The molecule has 1 aliphatic carbocycles. The Bertz CT molecular complexity index is 967. The van der Waals surface area contributed by atoms with Gasteiger partial charge in [-0.3, -0.25) is 4.98 Å². The molecule has 1 amide bonds. The van der Waals surface area contributed by atoms with E-state index in [4.69, 9.17) is 21.3 Å². The fraction of sp³-hybridized carbons (Fsp3) is 0.462. The summed E-state index contributed by atoms with van der Waals surface area (Å²) in [6, 6.07) is 10.2. The molecule has 2 aromatic rings. The summed E-state index contributed by atoms with van der Waals surface area (Å²) in [7, 11) is 0. The maximum atomic E-state index is 12.2. The predicted octanol–water partition coefficient (Wildman–Crippen LogP) is 6.00. The average molecular weight is 457 g/mol. The number of pyridine rings is 1. The minimum atomic E-state index is -0.222. The number of carbonyl (C=O) groups is 1. The number of aliphatic hydroxyl groups is 1. The Morgan fingerprint density at radius 2 is 2.06 bits per heavy atom. The summed E-state index contributed by atoms with van der Waals surface area (Å²) in [6.07, 6.45) is 7.13. The van der Waals surface area contributed by atoms with Gasteiger partial charge in [0.05, 0.1) is 12.3 Å². The van der Waals surface area contributed by atoms with Crippen LogP contribution >= 0.6 is 11.6 Å². The van der Waals surface area contributed by atoms with E-state index in [-0.39, 0.29) is 26.0 Å². The second-order valence-corrected chi connectivity index (χ2v) is 8.64. The molecule has 1 saturated heterocycles. The van der Waals surface area contributed by atoms with E-state index in [1.54, 1.807) is 0 Å². The Kier molecular flexibility index (Phi) is 8.32. The van der Waals surface area contributed by atoms with E-state index in [2.05, 4.69) is 18.2 Å². The quantitative estimate of drug-likeness (QED) is 0.599. The minimum absolute atomic E-state index is 0. The Balaban J connectivity index is 0.00000289. The van der Waals surface area contributed by atoms with Crippen molar-refractivity contribution in [2.75, 3.05) is 26.3 Å². The van der Waals surface area contributed by atoms with E-state index in [0.29, 0.717) is 37.1 Å². The van der Waals surface area contributed by atoms with E-state index >= 15 is 0 Å². The van der Waals surface area contributed by atoms with E-state index in [1.807, 2.05) is 36.2 Å². The third-order valence-electron chi connectivity index (χ3n) is 6.33. The molecule has 0 saturated carbocycles. The molecule has 1 unspecified atom stereocenters. The zero-order valence-electron chi connectivity index (χ0n) is 17.9. The lowest BCUT2D eigenvalue weighted by atomic mass is 9.76. The Hall–Kier alpha value is -2.37. The van der Waals surface area contributed by atoms with Crippen LogP contribution in [0.15, 0.2) is 36.5 Å². The third kappa shape index (κ3) is 5.00. The van der Waals surface area contributed by atoms with Crippen LogP contribution in [0, 0.1) is 5.92 Å². The summed E-state index contributed by atoms with van der Waals surface area (Å²) >= 11 is 6.41. The van der Waals surface area contributed by atoms with Crippen molar-refractivity contribution in [3.63, 3.8) is 0 Å². The first kappa shape index (κ1) is 24.3. The van der Waals surface area contributed by atoms with Gasteiger partial charge in [-0.2, -0.15) is 0 Å². The first-order valence-corrected chi connectivity index (χ1v) is 11.5. The molecule has 1 fully saturated rings. The maximum absolute atomic E-state index is 12.2.